The largest absolute Gasteiger partial charge is 0.359 e. The van der Waals surface area contributed by atoms with Gasteiger partial charge in [0.2, 0.25) is 0 Å². The van der Waals surface area contributed by atoms with E-state index in [0.29, 0.717) is 12.0 Å². The molecule has 0 radical (unpaired) electrons. The lowest BCUT2D eigenvalue weighted by Crippen LogP contribution is -2.62. The van der Waals surface area contributed by atoms with Crippen LogP contribution in [0.4, 0.5) is 0 Å². The Morgan fingerprint density at radius 3 is 2.79 bits per heavy atom. The van der Waals surface area contributed by atoms with Gasteiger partial charge in [-0.15, -0.1) is 0 Å². The molecule has 2 aliphatic rings. The average molecular weight is 198 g/mol. The maximum atomic E-state index is 5.98. The fourth-order valence-corrected chi connectivity index (χ4v) is 2.62. The molecule has 0 aromatic carbocycles. The van der Waals surface area contributed by atoms with Crippen molar-refractivity contribution in [2.45, 2.75) is 38.5 Å². The molecule has 2 heterocycles. The standard InChI is InChI=1S/C11H22N2O/c1-9-7-12-11(2,14-8-9)10-5-4-6-13(10)3/h9-10,12H,4-8H2,1-3H3. The number of likely N-dealkylation sites (N-methyl/N-ethyl adjacent to an activating group) is 1. The van der Waals surface area contributed by atoms with Gasteiger partial charge in [-0.05, 0) is 39.3 Å². The van der Waals surface area contributed by atoms with Crippen molar-refractivity contribution in [3.63, 3.8) is 0 Å². The van der Waals surface area contributed by atoms with E-state index in [2.05, 4.69) is 31.1 Å². The number of hydrogen-bond donors (Lipinski definition) is 1. The second-order valence-corrected chi connectivity index (χ2v) is 5.04. The van der Waals surface area contributed by atoms with Crippen molar-refractivity contribution < 1.29 is 4.74 Å². The summed E-state index contributed by atoms with van der Waals surface area (Å²) in [5.74, 6) is 0.648. The molecule has 2 rings (SSSR count). The maximum absolute atomic E-state index is 5.98. The number of nitrogens with zero attached hydrogens (tertiary/aromatic N) is 1. The summed E-state index contributed by atoms with van der Waals surface area (Å²) in [4.78, 5) is 2.42. The fraction of sp³-hybridized carbons (Fsp3) is 1.00. The third-order valence-electron chi connectivity index (χ3n) is 3.63. The second kappa shape index (κ2) is 3.80. The normalized spacial score (nSPS) is 45.6. The zero-order valence-electron chi connectivity index (χ0n) is 9.55. The van der Waals surface area contributed by atoms with E-state index in [-0.39, 0.29) is 5.72 Å². The topological polar surface area (TPSA) is 24.5 Å². The third kappa shape index (κ3) is 1.81. The molecular weight excluding hydrogens is 176 g/mol. The van der Waals surface area contributed by atoms with Gasteiger partial charge in [0, 0.05) is 6.54 Å². The summed E-state index contributed by atoms with van der Waals surface area (Å²) < 4.78 is 5.98. The van der Waals surface area contributed by atoms with Gasteiger partial charge in [0.05, 0.1) is 12.6 Å². The zero-order valence-corrected chi connectivity index (χ0v) is 9.55. The average Bonchev–Trinajstić information content (AvgIpc) is 2.58. The van der Waals surface area contributed by atoms with Crippen LogP contribution in [0.5, 0.6) is 0 Å². The van der Waals surface area contributed by atoms with Crippen molar-refractivity contribution in [3.05, 3.63) is 0 Å². The summed E-state index contributed by atoms with van der Waals surface area (Å²) in [6, 6.07) is 0.551. The van der Waals surface area contributed by atoms with Crippen LogP contribution in [0, 0.1) is 5.92 Å². The van der Waals surface area contributed by atoms with Crippen LogP contribution in [-0.4, -0.2) is 43.4 Å². The quantitative estimate of drug-likeness (QED) is 0.681. The van der Waals surface area contributed by atoms with Gasteiger partial charge < -0.3 is 4.74 Å². The molecule has 3 nitrogen and oxygen atoms in total. The van der Waals surface area contributed by atoms with Crippen LogP contribution < -0.4 is 5.32 Å². The molecule has 2 aliphatic heterocycles. The van der Waals surface area contributed by atoms with Crippen molar-refractivity contribution in [2.75, 3.05) is 26.7 Å². The number of likely N-dealkylation sites (tertiary alicyclic amines) is 1. The highest BCUT2D eigenvalue weighted by Gasteiger charge is 2.42. The lowest BCUT2D eigenvalue weighted by atomic mass is 9.99. The van der Waals surface area contributed by atoms with E-state index in [1.165, 1.54) is 19.4 Å². The first kappa shape index (κ1) is 10.4. The summed E-state index contributed by atoms with van der Waals surface area (Å²) in [7, 11) is 2.20. The van der Waals surface area contributed by atoms with E-state index in [0.717, 1.165) is 13.2 Å². The summed E-state index contributed by atoms with van der Waals surface area (Å²) in [5, 5.41) is 3.55. The highest BCUT2D eigenvalue weighted by molar-refractivity contribution is 4.94. The van der Waals surface area contributed by atoms with Crippen LogP contribution in [-0.2, 0) is 4.74 Å². The van der Waals surface area contributed by atoms with E-state index >= 15 is 0 Å². The molecule has 0 bridgehead atoms. The SMILES string of the molecule is CC1CNC(C)(C2CCCN2C)OC1. The Kier molecular flexibility index (Phi) is 2.82. The van der Waals surface area contributed by atoms with Crippen LogP contribution in [0.3, 0.4) is 0 Å². The van der Waals surface area contributed by atoms with Crippen molar-refractivity contribution >= 4 is 0 Å². The first-order valence-electron chi connectivity index (χ1n) is 5.71. The molecule has 2 saturated heterocycles. The molecule has 2 fully saturated rings. The van der Waals surface area contributed by atoms with E-state index in [4.69, 9.17) is 4.74 Å². The van der Waals surface area contributed by atoms with Gasteiger partial charge in [-0.2, -0.15) is 0 Å². The van der Waals surface area contributed by atoms with Crippen LogP contribution in [0.2, 0.25) is 0 Å². The lowest BCUT2D eigenvalue weighted by molar-refractivity contribution is -0.136. The summed E-state index contributed by atoms with van der Waals surface area (Å²) >= 11 is 0. The minimum Gasteiger partial charge on any atom is -0.359 e. The number of rotatable bonds is 1. The van der Waals surface area contributed by atoms with Gasteiger partial charge in [-0.1, -0.05) is 6.92 Å². The highest BCUT2D eigenvalue weighted by Crippen LogP contribution is 2.29. The molecule has 3 atom stereocenters. The van der Waals surface area contributed by atoms with E-state index < -0.39 is 0 Å². The lowest BCUT2D eigenvalue weighted by Gasteiger charge is -2.44. The van der Waals surface area contributed by atoms with Gasteiger partial charge in [0.15, 0.2) is 0 Å². The number of ether oxygens (including phenoxy) is 1. The first-order chi connectivity index (χ1) is 6.62. The second-order valence-electron chi connectivity index (χ2n) is 5.04. The van der Waals surface area contributed by atoms with Crippen LogP contribution >= 0.6 is 0 Å². The predicted molar refractivity (Wildman–Crippen MR) is 57.2 cm³/mol. The van der Waals surface area contributed by atoms with E-state index in [9.17, 15) is 0 Å². The Morgan fingerprint density at radius 2 is 2.29 bits per heavy atom. The molecule has 14 heavy (non-hydrogen) atoms. The number of hydrogen-bond acceptors (Lipinski definition) is 3. The molecule has 0 spiro atoms. The van der Waals surface area contributed by atoms with Gasteiger partial charge in [-0.3, -0.25) is 10.2 Å². The molecule has 82 valence electrons. The number of nitrogens with one attached hydrogen (secondary N) is 1. The van der Waals surface area contributed by atoms with E-state index in [1.807, 2.05) is 0 Å². The van der Waals surface area contributed by atoms with Crippen LogP contribution in [0.1, 0.15) is 26.7 Å². The van der Waals surface area contributed by atoms with Gasteiger partial charge >= 0.3 is 0 Å². The molecule has 0 amide bonds. The zero-order chi connectivity index (χ0) is 10.2. The van der Waals surface area contributed by atoms with Crippen LogP contribution in [0.15, 0.2) is 0 Å². The molecule has 3 unspecified atom stereocenters. The van der Waals surface area contributed by atoms with Gasteiger partial charge in [0.25, 0.3) is 0 Å². The van der Waals surface area contributed by atoms with Gasteiger partial charge in [-0.25, -0.2) is 0 Å². The molecule has 1 N–H and O–H groups in total. The van der Waals surface area contributed by atoms with Gasteiger partial charge in [0.1, 0.15) is 5.72 Å². The molecule has 0 saturated carbocycles. The monoisotopic (exact) mass is 198 g/mol. The summed E-state index contributed by atoms with van der Waals surface area (Å²) in [5.41, 5.74) is -0.113. The molecule has 3 heteroatoms. The Bertz CT molecular complexity index is 199. The first-order valence-corrected chi connectivity index (χ1v) is 5.71. The van der Waals surface area contributed by atoms with Crippen molar-refractivity contribution in [3.8, 4) is 0 Å². The Hall–Kier alpha value is -0.120. The van der Waals surface area contributed by atoms with Crippen molar-refractivity contribution in [1.29, 1.82) is 0 Å². The fourth-order valence-electron chi connectivity index (χ4n) is 2.62. The maximum Gasteiger partial charge on any atom is 0.132 e. The Labute approximate surface area is 86.8 Å². The third-order valence-corrected chi connectivity index (χ3v) is 3.63. The highest BCUT2D eigenvalue weighted by atomic mass is 16.5. The summed E-state index contributed by atoms with van der Waals surface area (Å²) in [6.07, 6.45) is 2.56. The van der Waals surface area contributed by atoms with Crippen LogP contribution in [0.25, 0.3) is 0 Å². The Balaban J connectivity index is 2.01. The molecular formula is C11H22N2O. The van der Waals surface area contributed by atoms with Crippen molar-refractivity contribution in [1.82, 2.24) is 10.2 Å². The molecule has 0 aromatic rings. The minimum atomic E-state index is -0.113. The predicted octanol–water partition coefficient (Wildman–Crippen LogP) is 1.05. The summed E-state index contributed by atoms with van der Waals surface area (Å²) in [6.45, 7) is 7.62. The smallest absolute Gasteiger partial charge is 0.132 e. The van der Waals surface area contributed by atoms with Crippen molar-refractivity contribution in [2.24, 2.45) is 5.92 Å². The van der Waals surface area contributed by atoms with E-state index in [1.54, 1.807) is 0 Å². The minimum absolute atomic E-state index is 0.113. The molecule has 0 aromatic heterocycles. The Morgan fingerprint density at radius 1 is 1.50 bits per heavy atom. The molecule has 0 aliphatic carbocycles.